The summed E-state index contributed by atoms with van der Waals surface area (Å²) in [4.78, 5) is 0. The Labute approximate surface area is 71.2 Å². The minimum Gasteiger partial charge on any atom is -0.385 e. The molecule has 0 aliphatic rings. The van der Waals surface area contributed by atoms with Crippen LogP contribution in [0.3, 0.4) is 0 Å². The zero-order valence-corrected chi connectivity index (χ0v) is 7.31. The standard InChI is InChI=1S/C7H14N4O/c1-3-11-4-6(9-10-11)7(12)5(2)8/h4-5,7,12H,3,8H2,1-2H3. The molecule has 0 aliphatic heterocycles. The van der Waals surface area contributed by atoms with Crippen LogP contribution in [0.2, 0.25) is 0 Å². The fourth-order valence-corrected chi connectivity index (χ4v) is 0.873. The summed E-state index contributed by atoms with van der Waals surface area (Å²) in [7, 11) is 0. The highest BCUT2D eigenvalue weighted by Gasteiger charge is 2.15. The van der Waals surface area contributed by atoms with E-state index >= 15 is 0 Å². The largest absolute Gasteiger partial charge is 0.385 e. The smallest absolute Gasteiger partial charge is 0.114 e. The Balaban J connectivity index is 2.74. The van der Waals surface area contributed by atoms with Gasteiger partial charge in [-0.15, -0.1) is 5.10 Å². The van der Waals surface area contributed by atoms with Crippen molar-refractivity contribution >= 4 is 0 Å². The second kappa shape index (κ2) is 3.64. The topological polar surface area (TPSA) is 77.0 Å². The molecule has 1 aromatic rings. The summed E-state index contributed by atoms with van der Waals surface area (Å²) in [5, 5.41) is 17.0. The molecule has 0 spiro atoms. The fourth-order valence-electron chi connectivity index (χ4n) is 0.873. The average Bonchev–Trinajstić information content (AvgIpc) is 2.50. The van der Waals surface area contributed by atoms with Crippen LogP contribution in [0.25, 0.3) is 0 Å². The van der Waals surface area contributed by atoms with Crippen LogP contribution in [0.1, 0.15) is 25.6 Å². The lowest BCUT2D eigenvalue weighted by Gasteiger charge is -2.09. The Morgan fingerprint density at radius 2 is 2.42 bits per heavy atom. The van der Waals surface area contributed by atoms with Gasteiger partial charge in [-0.05, 0) is 13.8 Å². The van der Waals surface area contributed by atoms with Gasteiger partial charge in [0.2, 0.25) is 0 Å². The molecule has 0 amide bonds. The minimum atomic E-state index is -0.717. The van der Waals surface area contributed by atoms with E-state index in [1.54, 1.807) is 17.8 Å². The van der Waals surface area contributed by atoms with Crippen LogP contribution in [-0.2, 0) is 6.54 Å². The van der Waals surface area contributed by atoms with E-state index in [1.165, 1.54) is 0 Å². The first kappa shape index (κ1) is 9.15. The number of nitrogens with zero attached hydrogens (tertiary/aromatic N) is 3. The van der Waals surface area contributed by atoms with Gasteiger partial charge in [0.05, 0.1) is 6.20 Å². The van der Waals surface area contributed by atoms with Crippen LogP contribution in [0.5, 0.6) is 0 Å². The Kier molecular flexibility index (Phi) is 2.78. The molecule has 0 aliphatic carbocycles. The summed E-state index contributed by atoms with van der Waals surface area (Å²) in [6, 6.07) is -0.313. The van der Waals surface area contributed by atoms with Crippen LogP contribution in [0.4, 0.5) is 0 Å². The number of aryl methyl sites for hydroxylation is 1. The third-order valence-electron chi connectivity index (χ3n) is 1.68. The molecule has 1 heterocycles. The highest BCUT2D eigenvalue weighted by Crippen LogP contribution is 2.10. The molecule has 2 unspecified atom stereocenters. The van der Waals surface area contributed by atoms with Crippen molar-refractivity contribution in [2.75, 3.05) is 0 Å². The number of aliphatic hydroxyl groups is 1. The van der Waals surface area contributed by atoms with Gasteiger partial charge in [0.1, 0.15) is 11.8 Å². The third-order valence-corrected chi connectivity index (χ3v) is 1.68. The highest BCUT2D eigenvalue weighted by atomic mass is 16.3. The molecule has 0 saturated carbocycles. The molecule has 3 N–H and O–H groups in total. The zero-order valence-electron chi connectivity index (χ0n) is 7.31. The van der Waals surface area contributed by atoms with Crippen LogP contribution in [0.15, 0.2) is 6.20 Å². The maximum absolute atomic E-state index is 9.47. The average molecular weight is 170 g/mol. The van der Waals surface area contributed by atoms with E-state index in [4.69, 9.17) is 5.73 Å². The van der Waals surface area contributed by atoms with Gasteiger partial charge in [0, 0.05) is 12.6 Å². The van der Waals surface area contributed by atoms with Crippen molar-refractivity contribution in [2.45, 2.75) is 32.5 Å². The van der Waals surface area contributed by atoms with Crippen LogP contribution >= 0.6 is 0 Å². The van der Waals surface area contributed by atoms with E-state index in [-0.39, 0.29) is 6.04 Å². The van der Waals surface area contributed by atoms with Crippen molar-refractivity contribution in [3.63, 3.8) is 0 Å². The van der Waals surface area contributed by atoms with E-state index in [2.05, 4.69) is 10.3 Å². The molecule has 1 rings (SSSR count). The van der Waals surface area contributed by atoms with Crippen molar-refractivity contribution in [3.8, 4) is 0 Å². The summed E-state index contributed by atoms with van der Waals surface area (Å²) in [6.45, 7) is 4.44. The van der Waals surface area contributed by atoms with Gasteiger partial charge >= 0.3 is 0 Å². The quantitative estimate of drug-likeness (QED) is 0.651. The lowest BCUT2D eigenvalue weighted by atomic mass is 10.1. The zero-order chi connectivity index (χ0) is 9.14. The van der Waals surface area contributed by atoms with Crippen LogP contribution < -0.4 is 5.73 Å². The molecule has 1 aromatic heterocycles. The molecule has 0 fully saturated rings. The van der Waals surface area contributed by atoms with Gasteiger partial charge in [-0.25, -0.2) is 0 Å². The predicted molar refractivity (Wildman–Crippen MR) is 44.3 cm³/mol. The van der Waals surface area contributed by atoms with Gasteiger partial charge in [0.25, 0.3) is 0 Å². The maximum atomic E-state index is 9.47. The monoisotopic (exact) mass is 170 g/mol. The predicted octanol–water partition coefficient (Wildman–Crippen LogP) is -0.321. The summed E-state index contributed by atoms with van der Waals surface area (Å²) in [5.41, 5.74) is 6.03. The number of nitrogens with two attached hydrogens (primary N) is 1. The van der Waals surface area contributed by atoms with Gasteiger partial charge in [-0.3, -0.25) is 4.68 Å². The van der Waals surface area contributed by atoms with E-state index in [9.17, 15) is 5.11 Å². The minimum absolute atomic E-state index is 0.313. The van der Waals surface area contributed by atoms with E-state index in [1.807, 2.05) is 6.92 Å². The molecule has 0 bridgehead atoms. The van der Waals surface area contributed by atoms with Crippen molar-refractivity contribution < 1.29 is 5.11 Å². The molecule has 0 saturated heterocycles. The third kappa shape index (κ3) is 1.80. The normalized spacial score (nSPS) is 16.0. The Morgan fingerprint density at radius 3 is 2.83 bits per heavy atom. The molecular weight excluding hydrogens is 156 g/mol. The molecular formula is C7H14N4O. The molecule has 5 nitrogen and oxygen atoms in total. The summed E-state index contributed by atoms with van der Waals surface area (Å²) in [6.07, 6.45) is 0.985. The maximum Gasteiger partial charge on any atom is 0.114 e. The summed E-state index contributed by atoms with van der Waals surface area (Å²) >= 11 is 0. The molecule has 68 valence electrons. The van der Waals surface area contributed by atoms with Crippen molar-refractivity contribution in [1.29, 1.82) is 0 Å². The first-order valence-corrected chi connectivity index (χ1v) is 3.98. The Hall–Kier alpha value is -0.940. The SMILES string of the molecule is CCn1cc(C(O)C(C)N)nn1. The van der Waals surface area contributed by atoms with Gasteiger partial charge in [0.15, 0.2) is 0 Å². The second-order valence-electron chi connectivity index (χ2n) is 2.80. The lowest BCUT2D eigenvalue weighted by molar-refractivity contribution is 0.148. The Morgan fingerprint density at radius 1 is 1.75 bits per heavy atom. The van der Waals surface area contributed by atoms with Crippen LogP contribution in [-0.4, -0.2) is 26.1 Å². The number of rotatable bonds is 3. The van der Waals surface area contributed by atoms with Crippen molar-refractivity contribution in [3.05, 3.63) is 11.9 Å². The molecule has 12 heavy (non-hydrogen) atoms. The number of aliphatic hydroxyl groups excluding tert-OH is 1. The van der Waals surface area contributed by atoms with E-state index in [0.717, 1.165) is 6.54 Å². The highest BCUT2D eigenvalue weighted by molar-refractivity contribution is 4.99. The fraction of sp³-hybridized carbons (Fsp3) is 0.714. The second-order valence-corrected chi connectivity index (χ2v) is 2.80. The van der Waals surface area contributed by atoms with Gasteiger partial charge in [-0.1, -0.05) is 5.21 Å². The lowest BCUT2D eigenvalue weighted by Crippen LogP contribution is -2.24. The van der Waals surface area contributed by atoms with Crippen molar-refractivity contribution in [2.24, 2.45) is 5.73 Å². The van der Waals surface area contributed by atoms with E-state index < -0.39 is 6.10 Å². The van der Waals surface area contributed by atoms with E-state index in [0.29, 0.717) is 5.69 Å². The number of hydrogen-bond acceptors (Lipinski definition) is 4. The molecule has 0 aromatic carbocycles. The number of hydrogen-bond donors (Lipinski definition) is 2. The van der Waals surface area contributed by atoms with Crippen LogP contribution in [0, 0.1) is 0 Å². The first-order chi connectivity index (χ1) is 5.65. The Bertz CT molecular complexity index is 245. The first-order valence-electron chi connectivity index (χ1n) is 3.98. The molecule has 0 radical (unpaired) electrons. The molecule has 5 heteroatoms. The van der Waals surface area contributed by atoms with Gasteiger partial charge < -0.3 is 10.8 Å². The number of aromatic nitrogens is 3. The molecule has 2 atom stereocenters. The summed E-state index contributed by atoms with van der Waals surface area (Å²) < 4.78 is 1.65. The van der Waals surface area contributed by atoms with Gasteiger partial charge in [-0.2, -0.15) is 0 Å². The summed E-state index contributed by atoms with van der Waals surface area (Å²) in [5.74, 6) is 0. The van der Waals surface area contributed by atoms with Crippen molar-refractivity contribution in [1.82, 2.24) is 15.0 Å².